The van der Waals surface area contributed by atoms with E-state index in [4.69, 9.17) is 20.9 Å². The van der Waals surface area contributed by atoms with E-state index in [-0.39, 0.29) is 0 Å². The molecular formula is C19H23ClN6O2S. The summed E-state index contributed by atoms with van der Waals surface area (Å²) < 4.78 is 13.1. The van der Waals surface area contributed by atoms with Crippen molar-refractivity contribution in [3.8, 4) is 11.4 Å². The fourth-order valence-electron chi connectivity index (χ4n) is 3.09. The van der Waals surface area contributed by atoms with Gasteiger partial charge in [0.05, 0.1) is 19.0 Å². The zero-order chi connectivity index (χ0) is 20.2. The number of morpholine rings is 1. The lowest BCUT2D eigenvalue weighted by Crippen LogP contribution is -2.38. The number of thioether (sulfide) groups is 1. The van der Waals surface area contributed by atoms with Gasteiger partial charge in [0.2, 0.25) is 17.7 Å². The van der Waals surface area contributed by atoms with Gasteiger partial charge in [-0.15, -0.1) is 10.2 Å². The van der Waals surface area contributed by atoms with Crippen molar-refractivity contribution in [2.45, 2.75) is 31.3 Å². The van der Waals surface area contributed by atoms with Crippen molar-refractivity contribution in [2.24, 2.45) is 5.92 Å². The first kappa shape index (κ1) is 20.2. The van der Waals surface area contributed by atoms with Crippen LogP contribution >= 0.6 is 23.4 Å². The summed E-state index contributed by atoms with van der Waals surface area (Å²) in [7, 11) is 0. The Morgan fingerprint density at radius 1 is 1.21 bits per heavy atom. The molecule has 1 aromatic carbocycles. The van der Waals surface area contributed by atoms with Crippen molar-refractivity contribution in [1.82, 2.24) is 24.9 Å². The predicted octanol–water partition coefficient (Wildman–Crippen LogP) is 3.77. The number of nitrogens with zero attached hydrogens (tertiary/aromatic N) is 6. The van der Waals surface area contributed by atoms with Crippen molar-refractivity contribution in [1.29, 1.82) is 0 Å². The van der Waals surface area contributed by atoms with Crippen molar-refractivity contribution in [3.05, 3.63) is 35.2 Å². The van der Waals surface area contributed by atoms with Crippen LogP contribution in [-0.2, 0) is 17.0 Å². The summed E-state index contributed by atoms with van der Waals surface area (Å²) in [4.78, 5) is 6.71. The molecule has 3 aromatic rings. The molecule has 0 bridgehead atoms. The third-order valence-electron chi connectivity index (χ3n) is 4.41. The van der Waals surface area contributed by atoms with E-state index in [0.717, 1.165) is 36.3 Å². The summed E-state index contributed by atoms with van der Waals surface area (Å²) in [6.45, 7) is 8.30. The van der Waals surface area contributed by atoms with Crippen LogP contribution in [0, 0.1) is 5.92 Å². The molecule has 1 aliphatic heterocycles. The summed E-state index contributed by atoms with van der Waals surface area (Å²) >= 11 is 7.60. The van der Waals surface area contributed by atoms with Crippen molar-refractivity contribution < 1.29 is 9.26 Å². The van der Waals surface area contributed by atoms with E-state index < -0.39 is 0 Å². The molecule has 0 aliphatic carbocycles. The number of aromatic nitrogens is 5. The topological polar surface area (TPSA) is 82.1 Å². The van der Waals surface area contributed by atoms with Crippen LogP contribution in [0.15, 0.2) is 33.9 Å². The van der Waals surface area contributed by atoms with Gasteiger partial charge in [0, 0.05) is 30.2 Å². The van der Waals surface area contributed by atoms with Crippen LogP contribution in [0.2, 0.25) is 5.02 Å². The smallest absolute Gasteiger partial charge is 0.237 e. The minimum absolute atomic E-state index is 0.475. The largest absolute Gasteiger partial charge is 0.378 e. The Kier molecular flexibility index (Phi) is 6.37. The summed E-state index contributed by atoms with van der Waals surface area (Å²) in [5, 5.41) is 14.4. The molecule has 4 rings (SSSR count). The van der Waals surface area contributed by atoms with Gasteiger partial charge in [-0.25, -0.2) is 0 Å². The van der Waals surface area contributed by atoms with E-state index in [1.165, 1.54) is 0 Å². The van der Waals surface area contributed by atoms with Gasteiger partial charge >= 0.3 is 0 Å². The monoisotopic (exact) mass is 434 g/mol. The van der Waals surface area contributed by atoms with E-state index in [1.54, 1.807) is 11.8 Å². The second-order valence-corrected chi connectivity index (χ2v) is 8.58. The molecule has 2 aromatic heterocycles. The first-order chi connectivity index (χ1) is 14.1. The molecule has 8 nitrogen and oxygen atoms in total. The first-order valence-electron chi connectivity index (χ1n) is 9.57. The summed E-state index contributed by atoms with van der Waals surface area (Å²) in [5.74, 6) is 2.96. The quantitative estimate of drug-likeness (QED) is 0.520. The molecule has 0 amide bonds. The minimum atomic E-state index is 0.475. The van der Waals surface area contributed by atoms with E-state index in [1.807, 2.05) is 24.3 Å². The molecule has 0 radical (unpaired) electrons. The molecule has 1 saturated heterocycles. The number of hydrogen-bond donors (Lipinski definition) is 0. The maximum absolute atomic E-state index is 6.05. The predicted molar refractivity (Wildman–Crippen MR) is 112 cm³/mol. The highest BCUT2D eigenvalue weighted by atomic mass is 35.5. The standard InChI is InChI=1S/C19H23ClN6O2S/c1-13(2)11-26-18(25-6-8-27-9-7-25)22-23-19(26)29-12-16-21-17(24-28-16)14-4-3-5-15(20)10-14/h3-5,10,13H,6-9,11-12H2,1-2H3. The maximum Gasteiger partial charge on any atom is 0.237 e. The van der Waals surface area contributed by atoms with Gasteiger partial charge in [-0.3, -0.25) is 4.57 Å². The van der Waals surface area contributed by atoms with Gasteiger partial charge in [-0.1, -0.05) is 54.5 Å². The highest BCUT2D eigenvalue weighted by Gasteiger charge is 2.22. The van der Waals surface area contributed by atoms with Crippen LogP contribution in [0.25, 0.3) is 11.4 Å². The molecule has 0 atom stereocenters. The van der Waals surface area contributed by atoms with E-state index in [2.05, 4.69) is 43.7 Å². The zero-order valence-electron chi connectivity index (χ0n) is 16.4. The maximum atomic E-state index is 6.05. The van der Waals surface area contributed by atoms with Crippen LogP contribution in [-0.4, -0.2) is 51.2 Å². The van der Waals surface area contributed by atoms with Gasteiger partial charge in [0.25, 0.3) is 0 Å². The lowest BCUT2D eigenvalue weighted by molar-refractivity contribution is 0.121. The van der Waals surface area contributed by atoms with E-state index in [9.17, 15) is 0 Å². The van der Waals surface area contributed by atoms with Crippen LogP contribution in [0.3, 0.4) is 0 Å². The summed E-state index contributed by atoms with van der Waals surface area (Å²) in [5.41, 5.74) is 0.829. The van der Waals surface area contributed by atoms with Crippen molar-refractivity contribution in [2.75, 3.05) is 31.2 Å². The Bertz CT molecular complexity index is 954. The molecule has 0 unspecified atom stereocenters. The molecule has 0 spiro atoms. The lowest BCUT2D eigenvalue weighted by atomic mass is 10.2. The number of halogens is 1. The number of rotatable bonds is 7. The molecule has 0 saturated carbocycles. The molecule has 29 heavy (non-hydrogen) atoms. The second-order valence-electron chi connectivity index (χ2n) is 7.20. The highest BCUT2D eigenvalue weighted by Crippen LogP contribution is 2.27. The van der Waals surface area contributed by atoms with Crippen molar-refractivity contribution in [3.63, 3.8) is 0 Å². The van der Waals surface area contributed by atoms with Gasteiger partial charge < -0.3 is 14.2 Å². The van der Waals surface area contributed by atoms with E-state index >= 15 is 0 Å². The van der Waals surface area contributed by atoms with Crippen molar-refractivity contribution >= 4 is 29.3 Å². The van der Waals surface area contributed by atoms with Gasteiger partial charge in [0.1, 0.15) is 0 Å². The Hall–Kier alpha value is -2.10. The fourth-order valence-corrected chi connectivity index (χ4v) is 4.07. The lowest BCUT2D eigenvalue weighted by Gasteiger charge is -2.28. The number of ether oxygens (including phenoxy) is 1. The number of anilines is 1. The normalized spacial score (nSPS) is 14.7. The number of benzene rings is 1. The first-order valence-corrected chi connectivity index (χ1v) is 10.9. The van der Waals surface area contributed by atoms with Crippen LogP contribution in [0.5, 0.6) is 0 Å². The fraction of sp³-hybridized carbons (Fsp3) is 0.474. The van der Waals surface area contributed by atoms with E-state index in [0.29, 0.717) is 41.6 Å². The van der Waals surface area contributed by atoms with Crippen LogP contribution < -0.4 is 4.90 Å². The highest BCUT2D eigenvalue weighted by molar-refractivity contribution is 7.98. The SMILES string of the molecule is CC(C)Cn1c(SCc2nc(-c3cccc(Cl)c3)no2)nnc1N1CCOCC1. The second kappa shape index (κ2) is 9.15. The average molecular weight is 435 g/mol. The zero-order valence-corrected chi connectivity index (χ0v) is 18.0. The Balaban J connectivity index is 1.48. The van der Waals surface area contributed by atoms with Gasteiger partial charge in [-0.2, -0.15) is 4.98 Å². The molecule has 154 valence electrons. The van der Waals surface area contributed by atoms with Crippen LogP contribution in [0.1, 0.15) is 19.7 Å². The Morgan fingerprint density at radius 2 is 2.03 bits per heavy atom. The minimum Gasteiger partial charge on any atom is -0.378 e. The third-order valence-corrected chi connectivity index (χ3v) is 5.60. The Morgan fingerprint density at radius 3 is 2.79 bits per heavy atom. The molecular weight excluding hydrogens is 412 g/mol. The molecule has 3 heterocycles. The summed E-state index contributed by atoms with van der Waals surface area (Å²) in [6, 6.07) is 7.40. The number of hydrogen-bond acceptors (Lipinski definition) is 8. The Labute approximate surface area is 178 Å². The average Bonchev–Trinajstić information content (AvgIpc) is 3.34. The summed E-state index contributed by atoms with van der Waals surface area (Å²) in [6.07, 6.45) is 0. The van der Waals surface area contributed by atoms with Gasteiger partial charge in [0.15, 0.2) is 5.16 Å². The van der Waals surface area contributed by atoms with Gasteiger partial charge in [-0.05, 0) is 18.1 Å². The third kappa shape index (κ3) is 4.91. The molecule has 10 heteroatoms. The molecule has 1 aliphatic rings. The van der Waals surface area contributed by atoms with Crippen LogP contribution in [0.4, 0.5) is 5.95 Å². The molecule has 0 N–H and O–H groups in total. The molecule has 1 fully saturated rings.